The molecular formula is C17H22N2OS. The molecule has 0 fully saturated rings. The molecule has 0 amide bonds. The summed E-state index contributed by atoms with van der Waals surface area (Å²) in [6.07, 6.45) is 0.792. The van der Waals surface area contributed by atoms with Gasteiger partial charge in [-0.05, 0) is 41.5 Å². The first kappa shape index (κ1) is 15.9. The zero-order valence-corrected chi connectivity index (χ0v) is 13.3. The zero-order chi connectivity index (χ0) is 15.1. The minimum absolute atomic E-state index is 0.0713. The van der Waals surface area contributed by atoms with E-state index in [-0.39, 0.29) is 6.04 Å². The molecule has 21 heavy (non-hydrogen) atoms. The van der Waals surface area contributed by atoms with E-state index in [0.717, 1.165) is 23.5 Å². The van der Waals surface area contributed by atoms with E-state index in [4.69, 9.17) is 10.6 Å². The predicted molar refractivity (Wildman–Crippen MR) is 89.6 cm³/mol. The molecule has 0 aromatic heterocycles. The number of nitrogens with one attached hydrogen (secondary N) is 1. The van der Waals surface area contributed by atoms with Gasteiger partial charge >= 0.3 is 0 Å². The number of nitrogens with two attached hydrogens (primary N) is 1. The Kier molecular flexibility index (Phi) is 6.11. The van der Waals surface area contributed by atoms with Crippen LogP contribution < -0.4 is 16.0 Å². The number of methoxy groups -OCH3 is 1. The van der Waals surface area contributed by atoms with Crippen LogP contribution in [0.25, 0.3) is 0 Å². The first-order valence-electron chi connectivity index (χ1n) is 7.09. The first-order chi connectivity index (χ1) is 10.3. The number of hydrazine groups is 1. The number of para-hydroxylation sites is 1. The van der Waals surface area contributed by atoms with Crippen LogP contribution in [0.1, 0.15) is 24.1 Å². The highest BCUT2D eigenvalue weighted by Gasteiger charge is 2.13. The Morgan fingerprint density at radius 1 is 1.14 bits per heavy atom. The summed E-state index contributed by atoms with van der Waals surface area (Å²) in [5.41, 5.74) is 5.24. The summed E-state index contributed by atoms with van der Waals surface area (Å²) < 4.78 is 5.41. The molecule has 0 heterocycles. The van der Waals surface area contributed by atoms with E-state index in [9.17, 15) is 0 Å². The van der Waals surface area contributed by atoms with Crippen LogP contribution in [0, 0.1) is 0 Å². The highest BCUT2D eigenvalue weighted by molar-refractivity contribution is 7.99. The van der Waals surface area contributed by atoms with E-state index in [1.54, 1.807) is 7.11 Å². The summed E-state index contributed by atoms with van der Waals surface area (Å²) in [6.45, 7) is 2.16. The van der Waals surface area contributed by atoms with Gasteiger partial charge in [-0.1, -0.05) is 37.3 Å². The van der Waals surface area contributed by atoms with Crippen molar-refractivity contribution in [3.8, 4) is 5.75 Å². The molecule has 0 saturated heterocycles. The van der Waals surface area contributed by atoms with E-state index >= 15 is 0 Å². The summed E-state index contributed by atoms with van der Waals surface area (Å²) >= 11 is 1.84. The molecule has 2 rings (SSSR count). The molecule has 0 aliphatic carbocycles. The topological polar surface area (TPSA) is 47.3 Å². The third kappa shape index (κ3) is 4.24. The summed E-state index contributed by atoms with van der Waals surface area (Å²) in [5, 5.41) is 0. The maximum Gasteiger partial charge on any atom is 0.122 e. The number of benzene rings is 2. The molecular weight excluding hydrogens is 280 g/mol. The standard InChI is InChI=1S/C17H22N2OS/c1-3-21-15-10-8-13(9-11-15)16(19-18)12-14-6-4-5-7-17(14)20-2/h4-11,16,19H,3,12,18H2,1-2H3. The fraction of sp³-hybridized carbons (Fsp3) is 0.294. The Labute approximate surface area is 130 Å². The van der Waals surface area contributed by atoms with Crippen molar-refractivity contribution in [3.63, 3.8) is 0 Å². The first-order valence-corrected chi connectivity index (χ1v) is 8.07. The molecule has 3 nitrogen and oxygen atoms in total. The Bertz CT molecular complexity index is 557. The van der Waals surface area contributed by atoms with Gasteiger partial charge in [-0.3, -0.25) is 11.3 Å². The Hall–Kier alpha value is -1.49. The number of ether oxygens (including phenoxy) is 1. The molecule has 1 unspecified atom stereocenters. The molecule has 0 bridgehead atoms. The summed E-state index contributed by atoms with van der Waals surface area (Å²) in [4.78, 5) is 1.29. The molecule has 2 aromatic rings. The van der Waals surface area contributed by atoms with Gasteiger partial charge in [0.05, 0.1) is 13.2 Å². The molecule has 0 radical (unpaired) electrons. The predicted octanol–water partition coefficient (Wildman–Crippen LogP) is 3.55. The van der Waals surface area contributed by atoms with Gasteiger partial charge < -0.3 is 4.74 Å². The van der Waals surface area contributed by atoms with E-state index in [2.05, 4.69) is 42.7 Å². The molecule has 0 aliphatic rings. The Balaban J connectivity index is 2.15. The molecule has 4 heteroatoms. The van der Waals surface area contributed by atoms with Crippen molar-refractivity contribution in [1.29, 1.82) is 0 Å². The second-order valence-electron chi connectivity index (χ2n) is 4.74. The van der Waals surface area contributed by atoms with Crippen molar-refractivity contribution < 1.29 is 4.74 Å². The fourth-order valence-electron chi connectivity index (χ4n) is 2.33. The van der Waals surface area contributed by atoms with Gasteiger partial charge in [-0.25, -0.2) is 0 Å². The Morgan fingerprint density at radius 2 is 1.86 bits per heavy atom. The maximum atomic E-state index is 5.74. The van der Waals surface area contributed by atoms with Gasteiger partial charge in [0, 0.05) is 4.90 Å². The van der Waals surface area contributed by atoms with Crippen molar-refractivity contribution in [3.05, 3.63) is 59.7 Å². The van der Waals surface area contributed by atoms with Crippen LogP contribution in [0.2, 0.25) is 0 Å². The average molecular weight is 302 g/mol. The highest BCUT2D eigenvalue weighted by Crippen LogP contribution is 2.26. The normalized spacial score (nSPS) is 12.1. The molecule has 112 valence electrons. The molecule has 3 N–H and O–H groups in total. The van der Waals surface area contributed by atoms with Crippen molar-refractivity contribution in [2.24, 2.45) is 5.84 Å². The number of hydrogen-bond acceptors (Lipinski definition) is 4. The number of rotatable bonds is 7. The van der Waals surface area contributed by atoms with Crippen molar-refractivity contribution in [2.45, 2.75) is 24.3 Å². The van der Waals surface area contributed by atoms with Crippen LogP contribution in [0.4, 0.5) is 0 Å². The molecule has 0 spiro atoms. The summed E-state index contributed by atoms with van der Waals surface area (Å²) in [6, 6.07) is 16.7. The lowest BCUT2D eigenvalue weighted by Gasteiger charge is -2.18. The molecule has 0 saturated carbocycles. The van der Waals surface area contributed by atoms with Crippen molar-refractivity contribution >= 4 is 11.8 Å². The highest BCUT2D eigenvalue weighted by atomic mass is 32.2. The van der Waals surface area contributed by atoms with Crippen LogP contribution >= 0.6 is 11.8 Å². The zero-order valence-electron chi connectivity index (χ0n) is 12.5. The van der Waals surface area contributed by atoms with Gasteiger partial charge in [0.25, 0.3) is 0 Å². The Morgan fingerprint density at radius 3 is 2.48 bits per heavy atom. The number of thioether (sulfide) groups is 1. The van der Waals surface area contributed by atoms with E-state index in [1.165, 1.54) is 10.5 Å². The van der Waals surface area contributed by atoms with Gasteiger partial charge in [0.1, 0.15) is 5.75 Å². The van der Waals surface area contributed by atoms with E-state index in [0.29, 0.717) is 0 Å². The van der Waals surface area contributed by atoms with E-state index in [1.807, 2.05) is 30.0 Å². The van der Waals surface area contributed by atoms with Gasteiger partial charge in [-0.2, -0.15) is 0 Å². The lowest BCUT2D eigenvalue weighted by atomic mass is 9.99. The SMILES string of the molecule is CCSc1ccc(C(Cc2ccccc2OC)NN)cc1. The summed E-state index contributed by atoms with van der Waals surface area (Å²) in [5.74, 6) is 7.73. The summed E-state index contributed by atoms with van der Waals surface area (Å²) in [7, 11) is 1.69. The van der Waals surface area contributed by atoms with Gasteiger partial charge in [0.2, 0.25) is 0 Å². The quantitative estimate of drug-likeness (QED) is 0.466. The lowest BCUT2D eigenvalue weighted by Crippen LogP contribution is -2.29. The maximum absolute atomic E-state index is 5.74. The minimum Gasteiger partial charge on any atom is -0.496 e. The lowest BCUT2D eigenvalue weighted by molar-refractivity contribution is 0.405. The largest absolute Gasteiger partial charge is 0.496 e. The van der Waals surface area contributed by atoms with Crippen LogP contribution in [0.3, 0.4) is 0 Å². The van der Waals surface area contributed by atoms with E-state index < -0.39 is 0 Å². The second kappa shape index (κ2) is 8.08. The van der Waals surface area contributed by atoms with Gasteiger partial charge in [0.15, 0.2) is 0 Å². The van der Waals surface area contributed by atoms with Crippen LogP contribution in [0.15, 0.2) is 53.4 Å². The van der Waals surface area contributed by atoms with Crippen molar-refractivity contribution in [1.82, 2.24) is 5.43 Å². The molecule has 1 atom stereocenters. The van der Waals surface area contributed by atoms with Gasteiger partial charge in [-0.15, -0.1) is 11.8 Å². The fourth-order valence-corrected chi connectivity index (χ4v) is 2.99. The second-order valence-corrected chi connectivity index (χ2v) is 6.07. The number of hydrogen-bond donors (Lipinski definition) is 2. The molecule has 2 aromatic carbocycles. The third-order valence-electron chi connectivity index (χ3n) is 3.41. The van der Waals surface area contributed by atoms with Crippen LogP contribution in [0.5, 0.6) is 5.75 Å². The minimum atomic E-state index is 0.0713. The monoisotopic (exact) mass is 302 g/mol. The smallest absolute Gasteiger partial charge is 0.122 e. The third-order valence-corrected chi connectivity index (χ3v) is 4.31. The molecule has 0 aliphatic heterocycles. The van der Waals surface area contributed by atoms with Crippen molar-refractivity contribution in [2.75, 3.05) is 12.9 Å². The average Bonchev–Trinajstić information content (AvgIpc) is 2.54. The van der Waals surface area contributed by atoms with Crippen LogP contribution in [-0.4, -0.2) is 12.9 Å². The van der Waals surface area contributed by atoms with Crippen LogP contribution in [-0.2, 0) is 6.42 Å².